The molecule has 7 nitrogen and oxygen atoms in total. The van der Waals surface area contributed by atoms with Crippen LogP contribution in [0.15, 0.2) is 18.2 Å². The molecule has 0 heterocycles. The maximum atomic E-state index is 11.5. The summed E-state index contributed by atoms with van der Waals surface area (Å²) in [6.45, 7) is 3.64. The summed E-state index contributed by atoms with van der Waals surface area (Å²) in [5.74, 6) is -0.794. The zero-order valence-electron chi connectivity index (χ0n) is 12.7. The van der Waals surface area contributed by atoms with Crippen LogP contribution in [0, 0.1) is 17.0 Å². The first-order chi connectivity index (χ1) is 10.4. The van der Waals surface area contributed by atoms with Crippen molar-refractivity contribution in [1.82, 2.24) is 0 Å². The van der Waals surface area contributed by atoms with Gasteiger partial charge in [-0.05, 0) is 25.8 Å². The van der Waals surface area contributed by atoms with Crippen LogP contribution in [0.3, 0.4) is 0 Å². The van der Waals surface area contributed by atoms with Crippen LogP contribution < -0.4 is 0 Å². The van der Waals surface area contributed by atoms with E-state index in [0.29, 0.717) is 24.2 Å². The normalized spacial score (nSPS) is 10.1. The first kappa shape index (κ1) is 17.6. The predicted octanol–water partition coefficient (Wildman–Crippen LogP) is 2.68. The van der Waals surface area contributed by atoms with Crippen molar-refractivity contribution >= 4 is 17.6 Å². The zero-order valence-corrected chi connectivity index (χ0v) is 12.7. The van der Waals surface area contributed by atoms with Gasteiger partial charge in [0, 0.05) is 24.5 Å². The fourth-order valence-corrected chi connectivity index (χ4v) is 1.79. The topological polar surface area (TPSA) is 95.7 Å². The number of nitrogens with zero attached hydrogens (tertiary/aromatic N) is 1. The highest BCUT2D eigenvalue weighted by Gasteiger charge is 2.12. The van der Waals surface area contributed by atoms with Crippen LogP contribution in [0.25, 0.3) is 0 Å². The minimum Gasteiger partial charge on any atom is -0.466 e. The number of carbonyl (C=O) groups excluding carboxylic acids is 2. The lowest BCUT2D eigenvalue weighted by Gasteiger charge is -2.06. The maximum absolute atomic E-state index is 11.5. The van der Waals surface area contributed by atoms with E-state index in [2.05, 4.69) is 0 Å². The number of benzene rings is 1. The molecule has 120 valence electrons. The summed E-state index contributed by atoms with van der Waals surface area (Å²) < 4.78 is 9.78. The molecule has 0 bridgehead atoms. The lowest BCUT2D eigenvalue weighted by molar-refractivity contribution is -0.385. The molecule has 0 radical (unpaired) electrons. The quantitative estimate of drug-likeness (QED) is 0.416. The van der Waals surface area contributed by atoms with Gasteiger partial charge in [0.05, 0.1) is 11.5 Å². The molecule has 0 aromatic heterocycles. The molecule has 1 rings (SSSR count). The molecule has 22 heavy (non-hydrogen) atoms. The number of nitro groups is 1. The minimum absolute atomic E-state index is 0.00383. The molecule has 0 spiro atoms. The average Bonchev–Trinajstić information content (AvgIpc) is 2.46. The second-order valence-corrected chi connectivity index (χ2v) is 4.70. The lowest BCUT2D eigenvalue weighted by atomic mass is 10.1. The van der Waals surface area contributed by atoms with E-state index in [1.54, 1.807) is 26.0 Å². The summed E-state index contributed by atoms with van der Waals surface area (Å²) >= 11 is 0. The van der Waals surface area contributed by atoms with Gasteiger partial charge in [-0.2, -0.15) is 0 Å². The molecule has 0 fully saturated rings. The third-order valence-electron chi connectivity index (χ3n) is 2.94. The van der Waals surface area contributed by atoms with Gasteiger partial charge < -0.3 is 9.47 Å². The molecule has 0 N–H and O–H groups in total. The number of hydrogen-bond acceptors (Lipinski definition) is 6. The first-order valence-corrected chi connectivity index (χ1v) is 6.99. The highest BCUT2D eigenvalue weighted by Crippen LogP contribution is 2.19. The van der Waals surface area contributed by atoms with Crippen molar-refractivity contribution in [3.8, 4) is 0 Å². The Kier molecular flexibility index (Phi) is 7.01. The number of ether oxygens (including phenoxy) is 2. The van der Waals surface area contributed by atoms with E-state index >= 15 is 0 Å². The second kappa shape index (κ2) is 8.76. The third-order valence-corrected chi connectivity index (χ3v) is 2.94. The van der Waals surface area contributed by atoms with Crippen molar-refractivity contribution in [2.45, 2.75) is 39.7 Å². The van der Waals surface area contributed by atoms with Crippen LogP contribution in [0.4, 0.5) is 5.69 Å². The molecule has 1 aromatic rings. The van der Waals surface area contributed by atoms with Gasteiger partial charge in [0.15, 0.2) is 0 Å². The smallest absolute Gasteiger partial charge is 0.306 e. The monoisotopic (exact) mass is 309 g/mol. The summed E-state index contributed by atoms with van der Waals surface area (Å²) in [6, 6.07) is 4.68. The van der Waals surface area contributed by atoms with Crippen molar-refractivity contribution in [2.75, 3.05) is 6.61 Å². The number of hydrogen-bond donors (Lipinski definition) is 0. The number of aryl methyl sites for hydroxylation is 1. The van der Waals surface area contributed by atoms with Crippen LogP contribution in [0.5, 0.6) is 0 Å². The highest BCUT2D eigenvalue weighted by molar-refractivity contribution is 5.72. The van der Waals surface area contributed by atoms with Gasteiger partial charge in [-0.1, -0.05) is 12.1 Å². The summed E-state index contributed by atoms with van der Waals surface area (Å²) in [5.41, 5.74) is 1.10. The van der Waals surface area contributed by atoms with Crippen LogP contribution in [0.1, 0.15) is 37.3 Å². The van der Waals surface area contributed by atoms with E-state index < -0.39 is 10.9 Å². The first-order valence-electron chi connectivity index (χ1n) is 6.99. The molecule has 0 unspecified atom stereocenters. The molecular formula is C15H19NO6. The van der Waals surface area contributed by atoms with E-state index in [-0.39, 0.29) is 31.1 Å². The number of nitro benzene ring substituents is 1. The molecule has 0 saturated heterocycles. The number of esters is 2. The van der Waals surface area contributed by atoms with Gasteiger partial charge in [-0.25, -0.2) is 0 Å². The SMILES string of the molecule is CCOC(=O)CCCC(=O)OCc1ccc(C)c([N+](=O)[O-])c1. The summed E-state index contributed by atoms with van der Waals surface area (Å²) in [5, 5.41) is 10.8. The largest absolute Gasteiger partial charge is 0.466 e. The van der Waals surface area contributed by atoms with E-state index in [9.17, 15) is 19.7 Å². The average molecular weight is 309 g/mol. The summed E-state index contributed by atoms with van der Waals surface area (Å²) in [6.07, 6.45) is 0.622. The minimum atomic E-state index is -0.472. The molecule has 0 amide bonds. The molecule has 1 aromatic carbocycles. The Morgan fingerprint density at radius 3 is 2.41 bits per heavy atom. The van der Waals surface area contributed by atoms with Crippen LogP contribution in [0.2, 0.25) is 0 Å². The Balaban J connectivity index is 2.40. The summed E-state index contributed by atoms with van der Waals surface area (Å²) in [7, 11) is 0. The van der Waals surface area contributed by atoms with Crippen molar-refractivity contribution in [3.05, 3.63) is 39.4 Å². The van der Waals surface area contributed by atoms with Gasteiger partial charge in [0.25, 0.3) is 5.69 Å². The van der Waals surface area contributed by atoms with Crippen LogP contribution >= 0.6 is 0 Å². The fourth-order valence-electron chi connectivity index (χ4n) is 1.79. The highest BCUT2D eigenvalue weighted by atomic mass is 16.6. The van der Waals surface area contributed by atoms with Gasteiger partial charge >= 0.3 is 11.9 Å². The Morgan fingerprint density at radius 2 is 1.82 bits per heavy atom. The van der Waals surface area contributed by atoms with Crippen molar-refractivity contribution < 1.29 is 24.0 Å². The molecule has 0 aliphatic carbocycles. The zero-order chi connectivity index (χ0) is 16.5. The van der Waals surface area contributed by atoms with E-state index in [1.165, 1.54) is 6.07 Å². The Bertz CT molecular complexity index is 555. The Hall–Kier alpha value is -2.44. The number of rotatable bonds is 8. The third kappa shape index (κ3) is 5.90. The molecule has 0 aliphatic heterocycles. The van der Waals surface area contributed by atoms with Gasteiger partial charge in [-0.15, -0.1) is 0 Å². The molecule has 0 aliphatic rings. The van der Waals surface area contributed by atoms with Gasteiger partial charge in [0.1, 0.15) is 6.61 Å². The van der Waals surface area contributed by atoms with E-state index in [0.717, 1.165) is 0 Å². The van der Waals surface area contributed by atoms with Crippen molar-refractivity contribution in [3.63, 3.8) is 0 Å². The number of carbonyl (C=O) groups is 2. The molecule has 0 atom stereocenters. The second-order valence-electron chi connectivity index (χ2n) is 4.70. The van der Waals surface area contributed by atoms with Crippen molar-refractivity contribution in [1.29, 1.82) is 0 Å². The van der Waals surface area contributed by atoms with Gasteiger partial charge in [-0.3, -0.25) is 19.7 Å². The van der Waals surface area contributed by atoms with Crippen LogP contribution in [-0.4, -0.2) is 23.5 Å². The maximum Gasteiger partial charge on any atom is 0.306 e. The van der Waals surface area contributed by atoms with Crippen molar-refractivity contribution in [2.24, 2.45) is 0 Å². The molecule has 7 heteroatoms. The Morgan fingerprint density at radius 1 is 1.18 bits per heavy atom. The molecule has 0 saturated carbocycles. The predicted molar refractivity (Wildman–Crippen MR) is 78.1 cm³/mol. The standard InChI is InChI=1S/C15H19NO6/c1-3-21-14(17)5-4-6-15(18)22-10-12-8-7-11(2)13(9-12)16(19)20/h7-9H,3-6,10H2,1-2H3. The summed E-state index contributed by atoms with van der Waals surface area (Å²) in [4.78, 5) is 33.0. The fraction of sp³-hybridized carbons (Fsp3) is 0.467. The lowest BCUT2D eigenvalue weighted by Crippen LogP contribution is -2.08. The Labute approximate surface area is 128 Å². The van der Waals surface area contributed by atoms with E-state index in [1.807, 2.05) is 0 Å². The van der Waals surface area contributed by atoms with E-state index in [4.69, 9.17) is 9.47 Å². The van der Waals surface area contributed by atoms with Crippen LogP contribution in [-0.2, 0) is 25.7 Å². The van der Waals surface area contributed by atoms with Gasteiger partial charge in [0.2, 0.25) is 0 Å². The molecular weight excluding hydrogens is 290 g/mol.